The molecular weight excluding hydrogens is 462 g/mol. The number of amides is 2. The van der Waals surface area contributed by atoms with Gasteiger partial charge in [0, 0.05) is 11.8 Å². The van der Waals surface area contributed by atoms with Crippen LogP contribution in [0.4, 0.5) is 5.69 Å². The number of esters is 1. The summed E-state index contributed by atoms with van der Waals surface area (Å²) in [6, 6.07) is 23.1. The number of carbonyl (C=O) groups excluding carboxylic acids is 3. The van der Waals surface area contributed by atoms with Crippen LogP contribution in [0.1, 0.15) is 83.5 Å². The summed E-state index contributed by atoms with van der Waals surface area (Å²) in [7, 11) is 0. The minimum Gasteiger partial charge on any atom is -0.462 e. The van der Waals surface area contributed by atoms with Gasteiger partial charge in [-0.3, -0.25) is 9.59 Å². The van der Waals surface area contributed by atoms with E-state index in [0.29, 0.717) is 17.9 Å². The summed E-state index contributed by atoms with van der Waals surface area (Å²) in [5.41, 5.74) is 5.56. The third kappa shape index (κ3) is 3.79. The molecule has 1 heterocycles. The summed E-state index contributed by atoms with van der Waals surface area (Å²) in [5.74, 6) is -1.78. The Kier molecular flexibility index (Phi) is 6.15. The first-order valence-corrected chi connectivity index (χ1v) is 13.4. The lowest BCUT2D eigenvalue weighted by molar-refractivity contribution is -0.122. The van der Waals surface area contributed by atoms with Gasteiger partial charge >= 0.3 is 5.97 Å². The van der Waals surface area contributed by atoms with Crippen molar-refractivity contribution in [3.8, 4) is 0 Å². The van der Waals surface area contributed by atoms with E-state index in [4.69, 9.17) is 4.74 Å². The first-order valence-electron chi connectivity index (χ1n) is 13.4. The van der Waals surface area contributed by atoms with Gasteiger partial charge in [0.15, 0.2) is 0 Å². The summed E-state index contributed by atoms with van der Waals surface area (Å²) in [6.45, 7) is 2.57. The molecule has 0 spiro atoms. The number of carbonyl (C=O) groups is 3. The number of benzene rings is 3. The van der Waals surface area contributed by atoms with E-state index < -0.39 is 11.8 Å². The zero-order valence-corrected chi connectivity index (χ0v) is 21.1. The van der Waals surface area contributed by atoms with Crippen LogP contribution >= 0.6 is 0 Å². The zero-order valence-electron chi connectivity index (χ0n) is 21.1. The highest BCUT2D eigenvalue weighted by molar-refractivity contribution is 6.23. The van der Waals surface area contributed by atoms with E-state index in [1.54, 1.807) is 24.3 Å². The summed E-state index contributed by atoms with van der Waals surface area (Å²) in [4.78, 5) is 41.5. The van der Waals surface area contributed by atoms with E-state index in [1.165, 1.54) is 17.7 Å². The minimum absolute atomic E-state index is 0.129. The Hall–Kier alpha value is -3.73. The lowest BCUT2D eigenvalue weighted by Gasteiger charge is -2.45. The van der Waals surface area contributed by atoms with Gasteiger partial charge < -0.3 is 4.74 Å². The zero-order chi connectivity index (χ0) is 25.5. The third-order valence-corrected chi connectivity index (χ3v) is 8.29. The van der Waals surface area contributed by atoms with Crippen LogP contribution in [-0.4, -0.2) is 24.4 Å². The molecule has 0 N–H and O–H groups in total. The van der Waals surface area contributed by atoms with Gasteiger partial charge in [0.1, 0.15) is 0 Å². The lowest BCUT2D eigenvalue weighted by atomic mass is 9.55. The highest BCUT2D eigenvalue weighted by atomic mass is 16.5. The fourth-order valence-corrected chi connectivity index (χ4v) is 6.63. The molecule has 0 radical (unpaired) electrons. The van der Waals surface area contributed by atoms with Gasteiger partial charge in [-0.1, -0.05) is 81.1 Å². The van der Waals surface area contributed by atoms with Crippen LogP contribution in [-0.2, 0) is 14.3 Å². The molecule has 2 amide bonds. The van der Waals surface area contributed by atoms with Gasteiger partial charge in [0.05, 0.1) is 29.7 Å². The maximum atomic E-state index is 13.8. The van der Waals surface area contributed by atoms with Crippen molar-refractivity contribution >= 4 is 23.5 Å². The number of nitrogens with zero attached hydrogens (tertiary/aromatic N) is 1. The molecule has 5 heteroatoms. The van der Waals surface area contributed by atoms with E-state index >= 15 is 0 Å². The lowest BCUT2D eigenvalue weighted by Crippen LogP contribution is -2.41. The molecule has 2 atom stereocenters. The van der Waals surface area contributed by atoms with Crippen LogP contribution in [0.5, 0.6) is 0 Å². The fraction of sp³-hybridized carbons (Fsp3) is 0.344. The second-order valence-corrected chi connectivity index (χ2v) is 10.4. The first-order chi connectivity index (χ1) is 18.1. The Morgan fingerprint density at radius 1 is 0.703 bits per heavy atom. The van der Waals surface area contributed by atoms with E-state index in [0.717, 1.165) is 41.5 Å². The predicted octanol–water partition coefficient (Wildman–Crippen LogP) is 6.21. The quantitative estimate of drug-likeness (QED) is 0.213. The van der Waals surface area contributed by atoms with Gasteiger partial charge in [0.2, 0.25) is 11.8 Å². The van der Waals surface area contributed by atoms with Crippen molar-refractivity contribution in [2.75, 3.05) is 11.5 Å². The Balaban J connectivity index is 1.23. The Morgan fingerprint density at radius 3 is 1.68 bits per heavy atom. The molecule has 3 aromatic carbocycles. The van der Waals surface area contributed by atoms with Gasteiger partial charge in [-0.15, -0.1) is 0 Å². The smallest absolute Gasteiger partial charge is 0.338 e. The molecule has 188 valence electrons. The average Bonchev–Trinajstić information content (AvgIpc) is 3.20. The molecular formula is C32H31NO4. The van der Waals surface area contributed by atoms with Crippen molar-refractivity contribution in [3.05, 3.63) is 101 Å². The summed E-state index contributed by atoms with van der Waals surface area (Å²) in [6.07, 6.45) is 5.44. The average molecular weight is 494 g/mol. The second-order valence-electron chi connectivity index (χ2n) is 10.4. The van der Waals surface area contributed by atoms with Crippen molar-refractivity contribution in [3.63, 3.8) is 0 Å². The molecule has 3 aromatic rings. The number of anilines is 1. The molecule has 2 bridgehead atoms. The van der Waals surface area contributed by atoms with E-state index in [2.05, 4.69) is 31.2 Å². The number of hydrogen-bond donors (Lipinski definition) is 0. The highest BCUT2D eigenvalue weighted by Crippen LogP contribution is 2.61. The second kappa shape index (κ2) is 9.62. The molecule has 3 aliphatic carbocycles. The number of rotatable bonds is 8. The van der Waals surface area contributed by atoms with Crippen molar-refractivity contribution < 1.29 is 19.1 Å². The number of hydrogen-bond acceptors (Lipinski definition) is 4. The van der Waals surface area contributed by atoms with Gasteiger partial charge in [-0.2, -0.15) is 0 Å². The van der Waals surface area contributed by atoms with Crippen LogP contribution in [0, 0.1) is 11.8 Å². The predicted molar refractivity (Wildman–Crippen MR) is 142 cm³/mol. The maximum absolute atomic E-state index is 13.8. The van der Waals surface area contributed by atoms with E-state index in [1.807, 2.05) is 24.3 Å². The van der Waals surface area contributed by atoms with Crippen molar-refractivity contribution in [1.29, 1.82) is 0 Å². The van der Waals surface area contributed by atoms with E-state index in [9.17, 15) is 14.4 Å². The topological polar surface area (TPSA) is 63.7 Å². The van der Waals surface area contributed by atoms with Crippen LogP contribution in [0.15, 0.2) is 72.8 Å². The SMILES string of the molecule is CCCCCCCOC(=O)c1ccc(N2C(=O)[C@@H]3C4c5ccccc5C(c5ccccc54)[C@H]3C2=O)cc1. The van der Waals surface area contributed by atoms with Crippen molar-refractivity contribution in [2.24, 2.45) is 11.8 Å². The molecule has 7 rings (SSSR count). The molecule has 1 fully saturated rings. The molecule has 4 aliphatic rings. The Labute approximate surface area is 217 Å². The van der Waals surface area contributed by atoms with Crippen LogP contribution in [0.2, 0.25) is 0 Å². The van der Waals surface area contributed by atoms with Gasteiger partial charge in [0.25, 0.3) is 0 Å². The number of unbranched alkanes of at least 4 members (excludes halogenated alkanes) is 4. The van der Waals surface area contributed by atoms with Crippen LogP contribution in [0.25, 0.3) is 0 Å². The Morgan fingerprint density at radius 2 is 1.19 bits per heavy atom. The van der Waals surface area contributed by atoms with Crippen LogP contribution < -0.4 is 4.90 Å². The molecule has 37 heavy (non-hydrogen) atoms. The standard InChI is InChI=1S/C32H31NO4/c1-2-3-4-5-10-19-37-32(36)20-15-17-21(18-16-20)33-30(34)28-26-22-11-6-7-12-23(22)27(29(28)31(33)35)25-14-9-8-13-24(25)26/h6-9,11-18,26-29H,2-5,10,19H2,1H3/t26?,27?,28-,29-/m1/s1. The molecule has 1 saturated heterocycles. The summed E-state index contributed by atoms with van der Waals surface area (Å²) in [5, 5.41) is 0. The fourth-order valence-electron chi connectivity index (χ4n) is 6.63. The van der Waals surface area contributed by atoms with E-state index in [-0.39, 0.29) is 29.6 Å². The highest BCUT2D eigenvalue weighted by Gasteiger charge is 2.61. The van der Waals surface area contributed by atoms with Crippen molar-refractivity contribution in [1.82, 2.24) is 0 Å². The first kappa shape index (κ1) is 23.7. The Bertz CT molecular complexity index is 1250. The summed E-state index contributed by atoms with van der Waals surface area (Å²) >= 11 is 0. The number of imide groups is 1. The largest absolute Gasteiger partial charge is 0.462 e. The van der Waals surface area contributed by atoms with Crippen molar-refractivity contribution in [2.45, 2.75) is 50.9 Å². The molecule has 0 aromatic heterocycles. The molecule has 0 saturated carbocycles. The monoisotopic (exact) mass is 493 g/mol. The number of ether oxygens (including phenoxy) is 1. The molecule has 1 aliphatic heterocycles. The summed E-state index contributed by atoms with van der Waals surface area (Å²) < 4.78 is 5.41. The normalized spacial score (nSPS) is 23.0. The van der Waals surface area contributed by atoms with Crippen LogP contribution in [0.3, 0.4) is 0 Å². The van der Waals surface area contributed by atoms with Gasteiger partial charge in [-0.25, -0.2) is 9.69 Å². The maximum Gasteiger partial charge on any atom is 0.338 e. The molecule has 0 unspecified atom stereocenters. The molecule has 5 nitrogen and oxygen atoms in total. The van der Waals surface area contributed by atoms with Gasteiger partial charge in [-0.05, 0) is 52.9 Å². The third-order valence-electron chi connectivity index (χ3n) is 8.29. The minimum atomic E-state index is -0.417.